The molecule has 1 atom stereocenters. The van der Waals surface area contributed by atoms with Crippen LogP contribution in [0.1, 0.15) is 51.0 Å². The molecule has 3 rings (SSSR count). The molecule has 2 aromatic rings. The summed E-state index contributed by atoms with van der Waals surface area (Å²) in [7, 11) is 4.99. The summed E-state index contributed by atoms with van der Waals surface area (Å²) in [5.41, 5.74) is 3.10. The molecular weight excluding hydrogens is 428 g/mol. The number of carbonyl (C=O) groups is 2. The summed E-state index contributed by atoms with van der Waals surface area (Å²) in [6, 6.07) is 13.5. The summed E-state index contributed by atoms with van der Waals surface area (Å²) >= 11 is 0. The largest absolute Gasteiger partial charge is 0.493 e. The topological polar surface area (TPSA) is 59.1 Å². The van der Waals surface area contributed by atoms with Crippen LogP contribution in [0.25, 0.3) is 11.1 Å². The number of amides is 2. The number of unbranched alkanes of at least 4 members (excludes halogenated alkanes) is 5. The first-order valence-electron chi connectivity index (χ1n) is 12.3. The van der Waals surface area contributed by atoms with E-state index in [1.165, 1.54) is 25.7 Å². The average Bonchev–Trinajstić information content (AvgIpc) is 2.86. The summed E-state index contributed by atoms with van der Waals surface area (Å²) < 4.78 is 10.7. The molecule has 6 heteroatoms. The Labute approximate surface area is 203 Å². The van der Waals surface area contributed by atoms with Crippen molar-refractivity contribution in [2.24, 2.45) is 0 Å². The third-order valence-corrected chi connectivity index (χ3v) is 6.67. The standard InChI is InChI=1S/C28H38N2O4/c1-5-6-7-8-9-10-17-30-20-27(31)29(2)24(28(30)32)18-21-11-13-22(14-12-21)23-15-16-25(33-3)26(19-23)34-4/h11-16,19,24H,5-10,17-18,20H2,1-4H3. The molecule has 0 spiro atoms. The van der Waals surface area contributed by atoms with Crippen LogP contribution in [0.2, 0.25) is 0 Å². The second-order valence-electron chi connectivity index (χ2n) is 9.02. The van der Waals surface area contributed by atoms with Crippen molar-refractivity contribution < 1.29 is 19.1 Å². The minimum atomic E-state index is -0.451. The number of piperazine rings is 1. The van der Waals surface area contributed by atoms with Gasteiger partial charge < -0.3 is 19.3 Å². The van der Waals surface area contributed by atoms with Crippen LogP contribution in [-0.4, -0.2) is 62.0 Å². The van der Waals surface area contributed by atoms with Crippen molar-refractivity contribution in [3.63, 3.8) is 0 Å². The van der Waals surface area contributed by atoms with E-state index >= 15 is 0 Å². The van der Waals surface area contributed by atoms with Gasteiger partial charge in [-0.05, 0) is 35.2 Å². The summed E-state index contributed by atoms with van der Waals surface area (Å²) in [5, 5.41) is 0. The van der Waals surface area contributed by atoms with Crippen molar-refractivity contribution >= 4 is 11.8 Å². The van der Waals surface area contributed by atoms with Crippen molar-refractivity contribution in [3.8, 4) is 22.6 Å². The van der Waals surface area contributed by atoms with E-state index in [0.717, 1.165) is 29.5 Å². The molecule has 0 aliphatic carbocycles. The molecule has 1 unspecified atom stereocenters. The van der Waals surface area contributed by atoms with E-state index in [0.29, 0.717) is 24.5 Å². The Morgan fingerprint density at radius 3 is 2.18 bits per heavy atom. The summed E-state index contributed by atoms with van der Waals surface area (Å²) in [5.74, 6) is 1.44. The Kier molecular flexibility index (Phi) is 9.37. The van der Waals surface area contributed by atoms with Crippen LogP contribution < -0.4 is 9.47 Å². The fourth-order valence-electron chi connectivity index (χ4n) is 4.47. The second-order valence-corrected chi connectivity index (χ2v) is 9.02. The first kappa shape index (κ1) is 25.6. The molecule has 1 aliphatic rings. The molecule has 1 heterocycles. The van der Waals surface area contributed by atoms with Gasteiger partial charge in [0.1, 0.15) is 6.04 Å². The molecule has 184 valence electrons. The second kappa shape index (κ2) is 12.4. The molecule has 0 aromatic heterocycles. The lowest BCUT2D eigenvalue weighted by Crippen LogP contribution is -2.59. The predicted octanol–water partition coefficient (Wildman–Crippen LogP) is 4.94. The zero-order valence-corrected chi connectivity index (χ0v) is 21.0. The van der Waals surface area contributed by atoms with Crippen LogP contribution >= 0.6 is 0 Å². The van der Waals surface area contributed by atoms with E-state index in [1.54, 1.807) is 31.1 Å². The van der Waals surface area contributed by atoms with E-state index in [-0.39, 0.29) is 18.4 Å². The smallest absolute Gasteiger partial charge is 0.246 e. The molecular formula is C28H38N2O4. The lowest BCUT2D eigenvalue weighted by molar-refractivity contribution is -0.154. The molecule has 2 amide bonds. The summed E-state index contributed by atoms with van der Waals surface area (Å²) in [6.45, 7) is 3.07. The van der Waals surface area contributed by atoms with Gasteiger partial charge in [-0.3, -0.25) is 9.59 Å². The van der Waals surface area contributed by atoms with Crippen LogP contribution in [0.3, 0.4) is 0 Å². The maximum absolute atomic E-state index is 13.2. The van der Waals surface area contributed by atoms with Gasteiger partial charge in [0.25, 0.3) is 0 Å². The van der Waals surface area contributed by atoms with Crippen LogP contribution in [0.5, 0.6) is 11.5 Å². The Morgan fingerprint density at radius 2 is 1.50 bits per heavy atom. The lowest BCUT2D eigenvalue weighted by atomic mass is 9.98. The van der Waals surface area contributed by atoms with Crippen LogP contribution in [-0.2, 0) is 16.0 Å². The zero-order chi connectivity index (χ0) is 24.5. The Balaban J connectivity index is 1.64. The van der Waals surface area contributed by atoms with Gasteiger partial charge >= 0.3 is 0 Å². The van der Waals surface area contributed by atoms with Crippen molar-refractivity contribution in [2.75, 3.05) is 34.4 Å². The van der Waals surface area contributed by atoms with Crippen molar-refractivity contribution in [3.05, 3.63) is 48.0 Å². The highest BCUT2D eigenvalue weighted by atomic mass is 16.5. The number of nitrogens with zero attached hydrogens (tertiary/aromatic N) is 2. The lowest BCUT2D eigenvalue weighted by Gasteiger charge is -2.38. The van der Waals surface area contributed by atoms with Gasteiger partial charge in [-0.2, -0.15) is 0 Å². The fourth-order valence-corrected chi connectivity index (χ4v) is 4.47. The summed E-state index contributed by atoms with van der Waals surface area (Å²) in [4.78, 5) is 29.1. The summed E-state index contributed by atoms with van der Waals surface area (Å²) in [6.07, 6.45) is 7.50. The first-order valence-corrected chi connectivity index (χ1v) is 12.3. The molecule has 34 heavy (non-hydrogen) atoms. The SMILES string of the molecule is CCCCCCCCN1CC(=O)N(C)C(Cc2ccc(-c3ccc(OC)c(OC)c3)cc2)C1=O. The van der Waals surface area contributed by atoms with Gasteiger partial charge in [-0.25, -0.2) is 0 Å². The quantitative estimate of drug-likeness (QED) is 0.416. The number of benzene rings is 2. The maximum Gasteiger partial charge on any atom is 0.246 e. The highest BCUT2D eigenvalue weighted by molar-refractivity contribution is 5.94. The maximum atomic E-state index is 13.2. The number of hydrogen-bond donors (Lipinski definition) is 0. The van der Waals surface area contributed by atoms with E-state index in [4.69, 9.17) is 9.47 Å². The van der Waals surface area contributed by atoms with Gasteiger partial charge in [0.05, 0.1) is 20.8 Å². The first-order chi connectivity index (χ1) is 16.5. The fraction of sp³-hybridized carbons (Fsp3) is 0.500. The number of rotatable bonds is 12. The number of methoxy groups -OCH3 is 2. The minimum absolute atomic E-state index is 0.0116. The predicted molar refractivity (Wildman–Crippen MR) is 135 cm³/mol. The number of carbonyl (C=O) groups excluding carboxylic acids is 2. The third kappa shape index (κ3) is 6.31. The van der Waals surface area contributed by atoms with Crippen molar-refractivity contribution in [2.45, 2.75) is 57.9 Å². The molecule has 1 aliphatic heterocycles. The van der Waals surface area contributed by atoms with Gasteiger partial charge in [0.15, 0.2) is 11.5 Å². The monoisotopic (exact) mass is 466 g/mol. The Morgan fingerprint density at radius 1 is 0.853 bits per heavy atom. The third-order valence-electron chi connectivity index (χ3n) is 6.67. The van der Waals surface area contributed by atoms with E-state index < -0.39 is 6.04 Å². The van der Waals surface area contributed by atoms with Crippen LogP contribution in [0.15, 0.2) is 42.5 Å². The molecule has 0 bridgehead atoms. The molecule has 1 saturated heterocycles. The number of ether oxygens (including phenoxy) is 2. The van der Waals surface area contributed by atoms with Crippen LogP contribution in [0, 0.1) is 0 Å². The normalized spacial score (nSPS) is 16.2. The Bertz CT molecular complexity index is 957. The van der Waals surface area contributed by atoms with Crippen LogP contribution in [0.4, 0.5) is 0 Å². The van der Waals surface area contributed by atoms with E-state index in [2.05, 4.69) is 6.92 Å². The highest BCUT2D eigenvalue weighted by Gasteiger charge is 2.36. The highest BCUT2D eigenvalue weighted by Crippen LogP contribution is 2.32. The molecule has 2 aromatic carbocycles. The van der Waals surface area contributed by atoms with Crippen molar-refractivity contribution in [1.82, 2.24) is 9.80 Å². The van der Waals surface area contributed by atoms with E-state index in [9.17, 15) is 9.59 Å². The minimum Gasteiger partial charge on any atom is -0.493 e. The van der Waals surface area contributed by atoms with Gasteiger partial charge in [0.2, 0.25) is 11.8 Å². The molecule has 0 N–H and O–H groups in total. The molecule has 0 radical (unpaired) electrons. The number of hydrogen-bond acceptors (Lipinski definition) is 4. The molecule has 6 nitrogen and oxygen atoms in total. The average molecular weight is 467 g/mol. The molecule has 0 saturated carbocycles. The Hall–Kier alpha value is -3.02. The van der Waals surface area contributed by atoms with E-state index in [1.807, 2.05) is 42.5 Å². The van der Waals surface area contributed by atoms with Gasteiger partial charge in [0, 0.05) is 20.0 Å². The zero-order valence-electron chi connectivity index (χ0n) is 21.0. The molecule has 1 fully saturated rings. The van der Waals surface area contributed by atoms with Gasteiger partial charge in [-0.15, -0.1) is 0 Å². The van der Waals surface area contributed by atoms with Gasteiger partial charge in [-0.1, -0.05) is 69.4 Å². The van der Waals surface area contributed by atoms with Crippen molar-refractivity contribution in [1.29, 1.82) is 0 Å². The number of likely N-dealkylation sites (N-methyl/N-ethyl adjacent to an activating group) is 1.